The van der Waals surface area contributed by atoms with Crippen LogP contribution in [0.3, 0.4) is 0 Å². The Hall–Kier alpha value is -1.56. The van der Waals surface area contributed by atoms with Crippen LogP contribution in [0.1, 0.15) is 23.2 Å². The molecule has 28 heavy (non-hydrogen) atoms. The minimum absolute atomic E-state index is 0. The topological polar surface area (TPSA) is 52.6 Å². The molecule has 2 rings (SSSR count). The van der Waals surface area contributed by atoms with Gasteiger partial charge in [-0.25, -0.2) is 9.98 Å². The van der Waals surface area contributed by atoms with E-state index in [0.717, 1.165) is 28.8 Å². The van der Waals surface area contributed by atoms with Gasteiger partial charge in [0.2, 0.25) is 0 Å². The highest BCUT2D eigenvalue weighted by Crippen LogP contribution is 2.30. The van der Waals surface area contributed by atoms with Gasteiger partial charge in [-0.15, -0.1) is 35.3 Å². The summed E-state index contributed by atoms with van der Waals surface area (Å²) >= 11 is 0.963. The van der Waals surface area contributed by atoms with Gasteiger partial charge in [0.05, 0.1) is 6.54 Å². The van der Waals surface area contributed by atoms with E-state index < -0.39 is 11.9 Å². The standard InChI is InChI=1S/C18H24F3N5S.HI/c1-4-22-17(24-11-16-25-15(12-27-16)18(19,20)21)23-10-9-13-5-7-14(8-6-13)26(2)3;/h5-8,12H,4,9-11H2,1-3H3,(H2,22,23,24);1H. The number of hydrogen-bond donors (Lipinski definition) is 2. The van der Waals surface area contributed by atoms with Crippen LogP contribution in [-0.2, 0) is 19.1 Å². The van der Waals surface area contributed by atoms with Crippen molar-refractivity contribution < 1.29 is 13.2 Å². The molecule has 0 bridgehead atoms. The lowest BCUT2D eigenvalue weighted by atomic mass is 10.1. The Bertz CT molecular complexity index is 744. The number of thiazole rings is 1. The maximum Gasteiger partial charge on any atom is 0.434 e. The average molecular weight is 527 g/mol. The number of alkyl halides is 3. The lowest BCUT2D eigenvalue weighted by molar-refractivity contribution is -0.140. The Morgan fingerprint density at radius 3 is 2.39 bits per heavy atom. The molecule has 0 saturated carbocycles. The fourth-order valence-electron chi connectivity index (χ4n) is 2.29. The van der Waals surface area contributed by atoms with Crippen molar-refractivity contribution in [3.8, 4) is 0 Å². The summed E-state index contributed by atoms with van der Waals surface area (Å²) < 4.78 is 37.8. The number of hydrogen-bond acceptors (Lipinski definition) is 4. The van der Waals surface area contributed by atoms with Crippen molar-refractivity contribution in [2.24, 2.45) is 4.99 Å². The van der Waals surface area contributed by atoms with E-state index in [1.54, 1.807) is 0 Å². The first-order valence-corrected chi connectivity index (χ1v) is 9.47. The van der Waals surface area contributed by atoms with Gasteiger partial charge >= 0.3 is 6.18 Å². The van der Waals surface area contributed by atoms with Crippen LogP contribution in [0.15, 0.2) is 34.6 Å². The molecule has 0 aliphatic rings. The van der Waals surface area contributed by atoms with Crippen molar-refractivity contribution >= 4 is 47.0 Å². The van der Waals surface area contributed by atoms with Crippen LogP contribution in [0.2, 0.25) is 0 Å². The van der Waals surface area contributed by atoms with Gasteiger partial charge in [0, 0.05) is 38.3 Å². The third kappa shape index (κ3) is 7.82. The molecule has 0 unspecified atom stereocenters. The minimum atomic E-state index is -4.41. The van der Waals surface area contributed by atoms with Crippen LogP contribution in [0, 0.1) is 0 Å². The second-order valence-corrected chi connectivity index (χ2v) is 7.00. The molecule has 0 spiro atoms. The van der Waals surface area contributed by atoms with Gasteiger partial charge in [0.15, 0.2) is 11.7 Å². The third-order valence-electron chi connectivity index (χ3n) is 3.72. The minimum Gasteiger partial charge on any atom is -0.378 e. The summed E-state index contributed by atoms with van der Waals surface area (Å²) in [7, 11) is 3.99. The van der Waals surface area contributed by atoms with Gasteiger partial charge in [0.25, 0.3) is 0 Å². The molecule has 2 N–H and O–H groups in total. The van der Waals surface area contributed by atoms with Crippen LogP contribution in [0.25, 0.3) is 0 Å². The quantitative estimate of drug-likeness (QED) is 0.323. The summed E-state index contributed by atoms with van der Waals surface area (Å²) in [6.07, 6.45) is -3.60. The Kier molecular flexibility index (Phi) is 10.0. The maximum atomic E-state index is 12.6. The number of aliphatic imine (C=N–C) groups is 1. The molecule has 0 aliphatic heterocycles. The Labute approximate surface area is 184 Å². The molecular formula is C18H25F3IN5S. The fourth-order valence-corrected chi connectivity index (χ4v) is 3.01. The summed E-state index contributed by atoms with van der Waals surface area (Å²) in [5.41, 5.74) is 1.47. The smallest absolute Gasteiger partial charge is 0.378 e. The molecule has 1 aromatic carbocycles. The molecule has 156 valence electrons. The zero-order valence-electron chi connectivity index (χ0n) is 16.0. The molecule has 0 fully saturated rings. The van der Waals surface area contributed by atoms with Crippen molar-refractivity contribution in [3.05, 3.63) is 45.9 Å². The van der Waals surface area contributed by atoms with E-state index in [-0.39, 0.29) is 30.5 Å². The summed E-state index contributed by atoms with van der Waals surface area (Å²) in [6, 6.07) is 8.29. The molecule has 2 aromatic rings. The van der Waals surface area contributed by atoms with Crippen LogP contribution < -0.4 is 15.5 Å². The van der Waals surface area contributed by atoms with E-state index in [2.05, 4.69) is 44.9 Å². The Morgan fingerprint density at radius 1 is 1.18 bits per heavy atom. The second-order valence-electron chi connectivity index (χ2n) is 6.06. The Morgan fingerprint density at radius 2 is 1.86 bits per heavy atom. The predicted octanol–water partition coefficient (Wildman–Crippen LogP) is 4.14. The molecule has 10 heteroatoms. The number of guanidine groups is 1. The molecule has 1 heterocycles. The number of aromatic nitrogens is 1. The lowest BCUT2D eigenvalue weighted by Crippen LogP contribution is -2.38. The average Bonchev–Trinajstić information content (AvgIpc) is 3.09. The van der Waals surface area contributed by atoms with Crippen molar-refractivity contribution in [2.45, 2.75) is 26.1 Å². The van der Waals surface area contributed by atoms with Crippen LogP contribution in [0.4, 0.5) is 18.9 Å². The van der Waals surface area contributed by atoms with E-state index in [0.29, 0.717) is 24.1 Å². The van der Waals surface area contributed by atoms with Crippen molar-refractivity contribution in [1.82, 2.24) is 15.6 Å². The SMILES string of the molecule is CCNC(=NCc1nc(C(F)(F)F)cs1)NCCc1ccc(N(C)C)cc1.I. The summed E-state index contributed by atoms with van der Waals surface area (Å²) in [5, 5.41) is 7.63. The van der Waals surface area contributed by atoms with Crippen molar-refractivity contribution in [2.75, 3.05) is 32.1 Å². The highest BCUT2D eigenvalue weighted by molar-refractivity contribution is 14.0. The molecule has 0 amide bonds. The largest absolute Gasteiger partial charge is 0.434 e. The van der Waals surface area contributed by atoms with E-state index in [1.807, 2.05) is 25.9 Å². The van der Waals surface area contributed by atoms with E-state index in [9.17, 15) is 13.2 Å². The molecule has 1 aromatic heterocycles. The van der Waals surface area contributed by atoms with Gasteiger partial charge in [0.1, 0.15) is 5.01 Å². The van der Waals surface area contributed by atoms with Gasteiger partial charge in [-0.3, -0.25) is 0 Å². The highest BCUT2D eigenvalue weighted by atomic mass is 127. The highest BCUT2D eigenvalue weighted by Gasteiger charge is 2.33. The molecule has 0 saturated heterocycles. The van der Waals surface area contributed by atoms with E-state index in [1.165, 1.54) is 5.56 Å². The summed E-state index contributed by atoms with van der Waals surface area (Å²) in [6.45, 7) is 3.36. The number of nitrogens with one attached hydrogen (secondary N) is 2. The maximum absolute atomic E-state index is 12.6. The number of rotatable bonds is 7. The zero-order valence-corrected chi connectivity index (χ0v) is 19.2. The second kappa shape index (κ2) is 11.4. The molecule has 0 atom stereocenters. The van der Waals surface area contributed by atoms with Gasteiger partial charge in [-0.2, -0.15) is 13.2 Å². The van der Waals surface area contributed by atoms with Crippen molar-refractivity contribution in [3.63, 3.8) is 0 Å². The number of nitrogens with zero attached hydrogens (tertiary/aromatic N) is 3. The first kappa shape index (κ1) is 24.5. The van der Waals surface area contributed by atoms with Gasteiger partial charge < -0.3 is 15.5 Å². The third-order valence-corrected chi connectivity index (χ3v) is 4.55. The number of halogens is 4. The van der Waals surface area contributed by atoms with Crippen LogP contribution in [0.5, 0.6) is 0 Å². The monoisotopic (exact) mass is 527 g/mol. The van der Waals surface area contributed by atoms with Crippen LogP contribution in [-0.4, -0.2) is 38.1 Å². The Balaban J connectivity index is 0.00000392. The summed E-state index contributed by atoms with van der Waals surface area (Å²) in [5.74, 6) is 0.561. The van der Waals surface area contributed by atoms with Gasteiger partial charge in [-0.1, -0.05) is 12.1 Å². The van der Waals surface area contributed by atoms with Gasteiger partial charge in [-0.05, 0) is 31.0 Å². The predicted molar refractivity (Wildman–Crippen MR) is 120 cm³/mol. The zero-order chi connectivity index (χ0) is 19.9. The van der Waals surface area contributed by atoms with Crippen molar-refractivity contribution in [1.29, 1.82) is 0 Å². The summed E-state index contributed by atoms with van der Waals surface area (Å²) in [4.78, 5) is 9.95. The molecule has 5 nitrogen and oxygen atoms in total. The van der Waals surface area contributed by atoms with Crippen LogP contribution >= 0.6 is 35.3 Å². The first-order valence-electron chi connectivity index (χ1n) is 8.59. The lowest BCUT2D eigenvalue weighted by Gasteiger charge is -2.13. The molecular weight excluding hydrogens is 502 g/mol. The number of anilines is 1. The molecule has 0 radical (unpaired) electrons. The molecule has 0 aliphatic carbocycles. The van der Waals surface area contributed by atoms with E-state index in [4.69, 9.17) is 0 Å². The fraction of sp³-hybridized carbons (Fsp3) is 0.444. The van der Waals surface area contributed by atoms with E-state index >= 15 is 0 Å². The first-order chi connectivity index (χ1) is 12.8. The number of benzene rings is 1. The normalized spacial score (nSPS) is 11.7.